The van der Waals surface area contributed by atoms with Crippen molar-refractivity contribution in [2.45, 2.75) is 11.3 Å². The van der Waals surface area contributed by atoms with Crippen LogP contribution in [0.5, 0.6) is 0 Å². The average molecular weight is 396 g/mol. The van der Waals surface area contributed by atoms with Crippen molar-refractivity contribution in [1.82, 2.24) is 4.72 Å². The maximum absolute atomic E-state index is 12.1. The molecule has 0 unspecified atom stereocenters. The zero-order valence-electron chi connectivity index (χ0n) is 10.3. The van der Waals surface area contributed by atoms with Crippen LogP contribution in [0.1, 0.15) is 4.88 Å². The number of thiophene rings is 1. The van der Waals surface area contributed by atoms with Crippen molar-refractivity contribution < 1.29 is 8.42 Å². The van der Waals surface area contributed by atoms with Crippen LogP contribution in [0.4, 0.5) is 5.69 Å². The molecule has 1 aromatic heterocycles. The van der Waals surface area contributed by atoms with E-state index >= 15 is 0 Å². The number of anilines is 1. The van der Waals surface area contributed by atoms with Crippen LogP contribution >= 0.6 is 38.9 Å². The van der Waals surface area contributed by atoms with Crippen molar-refractivity contribution in [3.05, 3.63) is 44.0 Å². The molecule has 3 N–H and O–H groups in total. The predicted octanol–water partition coefficient (Wildman–Crippen LogP) is 3.27. The summed E-state index contributed by atoms with van der Waals surface area (Å²) in [7, 11) is -3.60. The third-order valence-corrected chi connectivity index (χ3v) is 5.87. The Bertz CT molecular complexity index is 716. The fourth-order valence-electron chi connectivity index (χ4n) is 1.64. The molecule has 0 saturated heterocycles. The molecule has 0 fully saturated rings. The summed E-state index contributed by atoms with van der Waals surface area (Å²) in [5.41, 5.74) is 5.94. The fraction of sp³-hybridized carbons (Fsp3) is 0.167. The molecule has 1 aromatic carbocycles. The Morgan fingerprint density at radius 1 is 1.30 bits per heavy atom. The van der Waals surface area contributed by atoms with Crippen LogP contribution in [-0.4, -0.2) is 15.0 Å². The molecule has 0 aliphatic rings. The number of rotatable bonds is 5. The molecule has 20 heavy (non-hydrogen) atoms. The molecule has 0 aliphatic carbocycles. The second-order valence-corrected chi connectivity index (χ2v) is 8.49. The van der Waals surface area contributed by atoms with Crippen molar-refractivity contribution in [1.29, 1.82) is 0 Å². The molecule has 2 rings (SSSR count). The molecule has 0 aliphatic heterocycles. The van der Waals surface area contributed by atoms with E-state index in [1.807, 2.05) is 6.07 Å². The molecule has 108 valence electrons. The molecule has 0 radical (unpaired) electrons. The Balaban J connectivity index is 2.04. The number of hydrogen-bond donors (Lipinski definition) is 2. The van der Waals surface area contributed by atoms with Gasteiger partial charge in [-0.15, -0.1) is 11.3 Å². The number of benzene rings is 1. The summed E-state index contributed by atoms with van der Waals surface area (Å²) in [4.78, 5) is 1.12. The first-order valence-corrected chi connectivity index (χ1v) is 9.14. The lowest BCUT2D eigenvalue weighted by Gasteiger charge is -2.09. The molecular formula is C12H12BrClN2O2S2. The van der Waals surface area contributed by atoms with Gasteiger partial charge in [0.1, 0.15) is 4.90 Å². The maximum Gasteiger partial charge on any atom is 0.242 e. The number of sulfonamides is 1. The van der Waals surface area contributed by atoms with Gasteiger partial charge in [0.05, 0.1) is 10.0 Å². The van der Waals surface area contributed by atoms with E-state index in [1.165, 1.54) is 17.4 Å². The summed E-state index contributed by atoms with van der Waals surface area (Å²) in [6.07, 6.45) is 0.590. The SMILES string of the molecule is Nc1cc(Br)ccc1S(=O)(=O)NCCc1ccc(Cl)s1. The Kier molecular flexibility index (Phi) is 5.09. The third kappa shape index (κ3) is 3.95. The van der Waals surface area contributed by atoms with Crippen LogP contribution < -0.4 is 10.5 Å². The van der Waals surface area contributed by atoms with Crippen LogP contribution in [0, 0.1) is 0 Å². The van der Waals surface area contributed by atoms with E-state index < -0.39 is 10.0 Å². The number of nitrogens with two attached hydrogens (primary N) is 1. The second-order valence-electron chi connectivity index (χ2n) is 4.04. The summed E-state index contributed by atoms with van der Waals surface area (Å²) in [6.45, 7) is 0.300. The smallest absolute Gasteiger partial charge is 0.242 e. The Labute approximate surface area is 135 Å². The van der Waals surface area contributed by atoms with E-state index in [2.05, 4.69) is 20.7 Å². The standard InChI is InChI=1S/C12H12BrClN2O2S2/c13-8-1-3-11(10(15)7-8)20(17,18)16-6-5-9-2-4-12(14)19-9/h1-4,7,16H,5-6,15H2. The highest BCUT2D eigenvalue weighted by Crippen LogP contribution is 2.23. The lowest BCUT2D eigenvalue weighted by atomic mass is 10.3. The molecule has 4 nitrogen and oxygen atoms in total. The van der Waals surface area contributed by atoms with Gasteiger partial charge in [0.15, 0.2) is 0 Å². The molecule has 2 aromatic rings. The van der Waals surface area contributed by atoms with Crippen LogP contribution in [-0.2, 0) is 16.4 Å². The lowest BCUT2D eigenvalue weighted by molar-refractivity contribution is 0.582. The summed E-state index contributed by atoms with van der Waals surface area (Å²) < 4.78 is 28.2. The highest BCUT2D eigenvalue weighted by Gasteiger charge is 2.17. The van der Waals surface area contributed by atoms with Gasteiger partial charge in [-0.1, -0.05) is 27.5 Å². The van der Waals surface area contributed by atoms with Crippen LogP contribution in [0.2, 0.25) is 4.34 Å². The first-order chi connectivity index (χ1) is 9.38. The van der Waals surface area contributed by atoms with E-state index in [-0.39, 0.29) is 10.6 Å². The van der Waals surface area contributed by atoms with E-state index in [0.29, 0.717) is 17.3 Å². The zero-order chi connectivity index (χ0) is 14.8. The summed E-state index contributed by atoms with van der Waals surface area (Å²) in [5, 5.41) is 0. The summed E-state index contributed by atoms with van der Waals surface area (Å²) >= 11 is 10.5. The van der Waals surface area contributed by atoms with E-state index in [0.717, 1.165) is 9.35 Å². The minimum atomic E-state index is -3.60. The van der Waals surface area contributed by atoms with Gasteiger partial charge < -0.3 is 5.73 Å². The highest BCUT2D eigenvalue weighted by molar-refractivity contribution is 9.10. The van der Waals surface area contributed by atoms with E-state index in [4.69, 9.17) is 17.3 Å². The van der Waals surface area contributed by atoms with Crippen molar-refractivity contribution in [3.63, 3.8) is 0 Å². The molecule has 0 bridgehead atoms. The van der Waals surface area contributed by atoms with Gasteiger partial charge in [-0.05, 0) is 36.8 Å². The topological polar surface area (TPSA) is 72.2 Å². The van der Waals surface area contributed by atoms with Crippen LogP contribution in [0.15, 0.2) is 39.7 Å². The Morgan fingerprint density at radius 3 is 2.65 bits per heavy atom. The van der Waals surface area contributed by atoms with Gasteiger partial charge in [-0.3, -0.25) is 0 Å². The molecular weight excluding hydrogens is 384 g/mol. The van der Waals surface area contributed by atoms with Crippen molar-refractivity contribution in [3.8, 4) is 0 Å². The molecule has 0 spiro atoms. The van der Waals surface area contributed by atoms with Gasteiger partial charge in [0, 0.05) is 15.9 Å². The average Bonchev–Trinajstić information content (AvgIpc) is 2.74. The number of halogens is 2. The van der Waals surface area contributed by atoms with Crippen molar-refractivity contribution in [2.75, 3.05) is 12.3 Å². The molecule has 8 heteroatoms. The molecule has 1 heterocycles. The largest absolute Gasteiger partial charge is 0.398 e. The molecule has 0 atom stereocenters. The van der Waals surface area contributed by atoms with Gasteiger partial charge in [-0.2, -0.15) is 0 Å². The highest BCUT2D eigenvalue weighted by atomic mass is 79.9. The van der Waals surface area contributed by atoms with Crippen molar-refractivity contribution in [2.24, 2.45) is 0 Å². The first-order valence-electron chi connectivity index (χ1n) is 5.67. The van der Waals surface area contributed by atoms with E-state index in [9.17, 15) is 8.42 Å². The second kappa shape index (κ2) is 6.44. The number of hydrogen-bond acceptors (Lipinski definition) is 4. The monoisotopic (exact) mass is 394 g/mol. The van der Waals surface area contributed by atoms with Gasteiger partial charge in [0.25, 0.3) is 0 Å². The zero-order valence-corrected chi connectivity index (χ0v) is 14.2. The van der Waals surface area contributed by atoms with Gasteiger partial charge >= 0.3 is 0 Å². The van der Waals surface area contributed by atoms with Crippen molar-refractivity contribution >= 4 is 54.6 Å². The third-order valence-electron chi connectivity index (χ3n) is 2.55. The maximum atomic E-state index is 12.1. The number of nitrogen functional groups attached to an aromatic ring is 1. The molecule has 0 amide bonds. The van der Waals surface area contributed by atoms with Crippen LogP contribution in [0.25, 0.3) is 0 Å². The Morgan fingerprint density at radius 2 is 2.05 bits per heavy atom. The van der Waals surface area contributed by atoms with Gasteiger partial charge in [-0.25, -0.2) is 13.1 Å². The normalized spacial score (nSPS) is 11.7. The van der Waals surface area contributed by atoms with E-state index in [1.54, 1.807) is 18.2 Å². The minimum Gasteiger partial charge on any atom is -0.398 e. The summed E-state index contributed by atoms with van der Waals surface area (Å²) in [5.74, 6) is 0. The first kappa shape index (κ1) is 15.8. The number of nitrogens with one attached hydrogen (secondary N) is 1. The predicted molar refractivity (Wildman–Crippen MR) is 86.8 cm³/mol. The lowest BCUT2D eigenvalue weighted by Crippen LogP contribution is -2.26. The molecule has 0 saturated carbocycles. The minimum absolute atomic E-state index is 0.0879. The summed E-state index contributed by atoms with van der Waals surface area (Å²) in [6, 6.07) is 8.36. The fourth-order valence-corrected chi connectivity index (χ4v) is 4.25. The Hall–Kier alpha value is -0.600. The quantitative estimate of drug-likeness (QED) is 0.763. The van der Waals surface area contributed by atoms with Gasteiger partial charge in [0.2, 0.25) is 10.0 Å². The van der Waals surface area contributed by atoms with Crippen LogP contribution in [0.3, 0.4) is 0 Å².